The van der Waals surface area contributed by atoms with E-state index in [-0.39, 0.29) is 11.8 Å². The van der Waals surface area contributed by atoms with Crippen molar-refractivity contribution in [3.63, 3.8) is 0 Å². The number of benzene rings is 1. The number of carbonyl (C=O) groups excluding carboxylic acids is 2. The van der Waals surface area contributed by atoms with Crippen LogP contribution in [0.1, 0.15) is 33.4 Å². The minimum Gasteiger partial charge on any atom is -0.333 e. The van der Waals surface area contributed by atoms with Crippen LogP contribution in [-0.4, -0.2) is 28.2 Å². The molecule has 0 spiro atoms. The fraction of sp³-hybridized carbons (Fsp3) is 0.312. The Hall–Kier alpha value is -2.21. The van der Waals surface area contributed by atoms with Crippen molar-refractivity contribution >= 4 is 28.3 Å². The van der Waals surface area contributed by atoms with Gasteiger partial charge in [0.25, 0.3) is 5.91 Å². The van der Waals surface area contributed by atoms with E-state index in [2.05, 4.69) is 10.3 Å². The van der Waals surface area contributed by atoms with Crippen LogP contribution in [0.15, 0.2) is 24.3 Å². The van der Waals surface area contributed by atoms with Gasteiger partial charge < -0.3 is 10.2 Å². The molecule has 1 aromatic heterocycles. The summed E-state index contributed by atoms with van der Waals surface area (Å²) in [6.45, 7) is 4.66. The predicted octanol–water partition coefficient (Wildman–Crippen LogP) is 2.61. The lowest BCUT2D eigenvalue weighted by Gasteiger charge is -2.26. The van der Waals surface area contributed by atoms with Gasteiger partial charge in [0.05, 0.1) is 12.2 Å². The smallest absolute Gasteiger partial charge is 0.254 e. The van der Waals surface area contributed by atoms with Crippen molar-refractivity contribution in [3.8, 4) is 0 Å². The number of hydrogen-bond donors (Lipinski definition) is 1. The number of carbonyl (C=O) groups is 2. The number of amides is 2. The van der Waals surface area contributed by atoms with Gasteiger partial charge in [-0.05, 0) is 19.1 Å². The molecular weight excluding hydrogens is 298 g/mol. The van der Waals surface area contributed by atoms with Crippen LogP contribution in [0.4, 0.5) is 5.13 Å². The third-order valence-corrected chi connectivity index (χ3v) is 4.56. The molecule has 0 saturated heterocycles. The number of hydrogen-bond acceptors (Lipinski definition) is 4. The van der Waals surface area contributed by atoms with Gasteiger partial charge in [0, 0.05) is 30.3 Å². The van der Waals surface area contributed by atoms with Crippen molar-refractivity contribution in [2.24, 2.45) is 0 Å². The Morgan fingerprint density at radius 3 is 2.91 bits per heavy atom. The van der Waals surface area contributed by atoms with Gasteiger partial charge in [-0.1, -0.05) is 29.0 Å². The lowest BCUT2D eigenvalue weighted by atomic mass is 10.1. The monoisotopic (exact) mass is 315 g/mol. The topological polar surface area (TPSA) is 62.3 Å². The molecule has 0 radical (unpaired) electrons. The zero-order valence-electron chi connectivity index (χ0n) is 12.5. The van der Waals surface area contributed by atoms with Crippen LogP contribution < -0.4 is 5.32 Å². The van der Waals surface area contributed by atoms with Crippen molar-refractivity contribution in [3.05, 3.63) is 46.0 Å². The lowest BCUT2D eigenvalue weighted by Crippen LogP contribution is -2.35. The highest BCUT2D eigenvalue weighted by atomic mass is 32.1. The molecule has 5 nitrogen and oxygen atoms in total. The first kappa shape index (κ1) is 14.7. The number of thiazole rings is 1. The van der Waals surface area contributed by atoms with Crippen molar-refractivity contribution in [1.29, 1.82) is 0 Å². The Bertz CT molecular complexity index is 739. The van der Waals surface area contributed by atoms with Crippen LogP contribution >= 0.6 is 11.3 Å². The van der Waals surface area contributed by atoms with E-state index in [1.165, 1.54) is 18.3 Å². The summed E-state index contributed by atoms with van der Waals surface area (Å²) in [4.78, 5) is 31.0. The van der Waals surface area contributed by atoms with Gasteiger partial charge in [-0.15, -0.1) is 0 Å². The van der Waals surface area contributed by atoms with Crippen molar-refractivity contribution < 1.29 is 9.59 Å². The van der Waals surface area contributed by atoms with E-state index >= 15 is 0 Å². The quantitative estimate of drug-likeness (QED) is 0.926. The molecule has 1 N–H and O–H groups in total. The van der Waals surface area contributed by atoms with Gasteiger partial charge in [0.15, 0.2) is 5.13 Å². The number of aromatic nitrogens is 1. The molecular formula is C16H17N3O2S. The zero-order chi connectivity index (χ0) is 15.7. The number of fused-ring (bicyclic) bond motifs is 1. The highest BCUT2D eigenvalue weighted by molar-refractivity contribution is 7.15. The van der Waals surface area contributed by atoms with E-state index in [0.717, 1.165) is 28.1 Å². The Morgan fingerprint density at radius 2 is 2.18 bits per heavy atom. The molecule has 2 aromatic rings. The first-order chi connectivity index (χ1) is 10.5. The highest BCUT2D eigenvalue weighted by Gasteiger charge is 2.25. The molecule has 114 valence electrons. The van der Waals surface area contributed by atoms with Crippen LogP contribution in [0.3, 0.4) is 0 Å². The fourth-order valence-electron chi connectivity index (χ4n) is 2.53. The second-order valence-electron chi connectivity index (χ2n) is 5.42. The molecule has 1 aromatic carbocycles. The number of rotatable bonds is 2. The molecule has 1 aliphatic heterocycles. The average Bonchev–Trinajstić information content (AvgIpc) is 2.86. The summed E-state index contributed by atoms with van der Waals surface area (Å²) >= 11 is 1.45. The van der Waals surface area contributed by atoms with Crippen LogP contribution in [0, 0.1) is 6.92 Å². The van der Waals surface area contributed by atoms with Gasteiger partial charge in [0.1, 0.15) is 0 Å². The largest absolute Gasteiger partial charge is 0.333 e. The van der Waals surface area contributed by atoms with E-state index in [9.17, 15) is 9.59 Å². The molecule has 2 heterocycles. The Balaban J connectivity index is 1.77. The van der Waals surface area contributed by atoms with Crippen molar-refractivity contribution in [1.82, 2.24) is 9.88 Å². The minimum atomic E-state index is -0.126. The van der Waals surface area contributed by atoms with Gasteiger partial charge in [-0.2, -0.15) is 0 Å². The Labute approximate surface area is 133 Å². The maximum atomic E-state index is 12.6. The molecule has 22 heavy (non-hydrogen) atoms. The molecule has 0 saturated carbocycles. The predicted molar refractivity (Wildman–Crippen MR) is 86.0 cm³/mol. The first-order valence-electron chi connectivity index (χ1n) is 7.15. The van der Waals surface area contributed by atoms with Crippen LogP contribution in [-0.2, 0) is 17.8 Å². The van der Waals surface area contributed by atoms with E-state index in [4.69, 9.17) is 0 Å². The average molecular weight is 315 g/mol. The third kappa shape index (κ3) is 3.01. The number of anilines is 1. The second kappa shape index (κ2) is 5.88. The van der Waals surface area contributed by atoms with Gasteiger partial charge in [-0.3, -0.25) is 9.59 Å². The van der Waals surface area contributed by atoms with Gasteiger partial charge >= 0.3 is 0 Å². The highest BCUT2D eigenvalue weighted by Crippen LogP contribution is 2.29. The van der Waals surface area contributed by atoms with Crippen LogP contribution in [0.2, 0.25) is 0 Å². The molecule has 0 aliphatic carbocycles. The number of nitrogens with zero attached hydrogens (tertiary/aromatic N) is 2. The molecule has 6 heteroatoms. The zero-order valence-corrected chi connectivity index (χ0v) is 13.4. The fourth-order valence-corrected chi connectivity index (χ4v) is 3.60. The summed E-state index contributed by atoms with van der Waals surface area (Å²) in [5, 5.41) is 3.32. The standard InChI is InChI=1S/C16H17N3O2S/c1-10-4-3-5-12(8-10)15(21)19-7-6-13-14(9-19)22-16(18-13)17-11(2)20/h3-5,8H,6-7,9H2,1-2H3,(H,17,18,20). The van der Waals surface area contributed by atoms with E-state index in [1.54, 1.807) is 0 Å². The summed E-state index contributed by atoms with van der Waals surface area (Å²) in [6.07, 6.45) is 0.725. The first-order valence-corrected chi connectivity index (χ1v) is 7.96. The molecule has 0 fully saturated rings. The van der Waals surface area contributed by atoms with Gasteiger partial charge in [-0.25, -0.2) is 4.98 Å². The summed E-state index contributed by atoms with van der Waals surface area (Å²) in [6, 6.07) is 7.64. The normalized spacial score (nSPS) is 13.6. The second-order valence-corrected chi connectivity index (χ2v) is 6.50. The SMILES string of the molecule is CC(=O)Nc1nc2c(s1)CN(C(=O)c1cccc(C)c1)CC2. The summed E-state index contributed by atoms with van der Waals surface area (Å²) in [5.41, 5.74) is 2.78. The van der Waals surface area contributed by atoms with Crippen LogP contribution in [0.25, 0.3) is 0 Å². The van der Waals surface area contributed by atoms with Crippen molar-refractivity contribution in [2.45, 2.75) is 26.8 Å². The molecule has 0 bridgehead atoms. The molecule has 2 amide bonds. The third-order valence-electron chi connectivity index (χ3n) is 3.57. The lowest BCUT2D eigenvalue weighted by molar-refractivity contribution is -0.114. The Kier molecular flexibility index (Phi) is 3.94. The molecule has 3 rings (SSSR count). The number of aryl methyl sites for hydroxylation is 1. The van der Waals surface area contributed by atoms with E-state index < -0.39 is 0 Å². The van der Waals surface area contributed by atoms with Crippen molar-refractivity contribution in [2.75, 3.05) is 11.9 Å². The maximum Gasteiger partial charge on any atom is 0.254 e. The summed E-state index contributed by atoms with van der Waals surface area (Å²) in [5.74, 6) is -0.0809. The van der Waals surface area contributed by atoms with E-state index in [0.29, 0.717) is 18.2 Å². The summed E-state index contributed by atoms with van der Waals surface area (Å²) in [7, 11) is 0. The van der Waals surface area contributed by atoms with E-state index in [1.807, 2.05) is 36.1 Å². The number of nitrogens with one attached hydrogen (secondary N) is 1. The van der Waals surface area contributed by atoms with Gasteiger partial charge in [0.2, 0.25) is 5.91 Å². The minimum absolute atomic E-state index is 0.0452. The maximum absolute atomic E-state index is 12.6. The summed E-state index contributed by atoms with van der Waals surface area (Å²) < 4.78 is 0. The molecule has 0 atom stereocenters. The Morgan fingerprint density at radius 1 is 1.36 bits per heavy atom. The van der Waals surface area contributed by atoms with Crippen LogP contribution in [0.5, 0.6) is 0 Å². The molecule has 0 unspecified atom stereocenters. The molecule has 1 aliphatic rings.